The normalized spacial score (nSPS) is 27.4. The molecule has 27 heavy (non-hydrogen) atoms. The molecule has 1 aromatic rings. The van der Waals surface area contributed by atoms with Crippen molar-refractivity contribution < 1.29 is 9.18 Å². The zero-order valence-electron chi connectivity index (χ0n) is 16.3. The van der Waals surface area contributed by atoms with Gasteiger partial charge in [-0.3, -0.25) is 4.90 Å². The largest absolute Gasteiger partial charge is 0.335 e. The molecule has 1 heterocycles. The maximum Gasteiger partial charge on any atom is 0.319 e. The molecule has 0 radical (unpaired) electrons. The first kappa shape index (κ1) is 18.5. The summed E-state index contributed by atoms with van der Waals surface area (Å²) in [6.07, 6.45) is 7.02. The summed E-state index contributed by atoms with van der Waals surface area (Å²) >= 11 is 0. The average Bonchev–Trinajstić information content (AvgIpc) is 2.63. The van der Waals surface area contributed by atoms with Gasteiger partial charge in [-0.15, -0.1) is 0 Å². The third kappa shape index (κ3) is 3.88. The molecule has 0 spiro atoms. The monoisotopic (exact) mass is 371 g/mol. The van der Waals surface area contributed by atoms with Crippen LogP contribution in [0.5, 0.6) is 0 Å². The number of hydrogen-bond acceptors (Lipinski definition) is 2. The van der Waals surface area contributed by atoms with Crippen LogP contribution >= 0.6 is 0 Å². The van der Waals surface area contributed by atoms with E-state index in [1.54, 1.807) is 17.7 Å². The number of amides is 2. The van der Waals surface area contributed by atoms with Crippen molar-refractivity contribution in [2.45, 2.75) is 45.6 Å². The molecule has 1 aromatic carbocycles. The first-order valence-electron chi connectivity index (χ1n) is 10.2. The van der Waals surface area contributed by atoms with Crippen LogP contribution in [0.3, 0.4) is 0 Å². The number of piperidine rings is 1. The number of rotatable bonds is 4. The molecule has 2 N–H and O–H groups in total. The highest BCUT2D eigenvalue weighted by Crippen LogP contribution is 2.59. The van der Waals surface area contributed by atoms with Crippen LogP contribution in [0.1, 0.15) is 39.5 Å². The van der Waals surface area contributed by atoms with Crippen LogP contribution in [-0.2, 0) is 0 Å². The Bertz CT molecular complexity index is 737. The number of benzene rings is 1. The summed E-state index contributed by atoms with van der Waals surface area (Å²) in [7, 11) is 0. The van der Waals surface area contributed by atoms with Gasteiger partial charge in [0.15, 0.2) is 0 Å². The summed E-state index contributed by atoms with van der Waals surface area (Å²) in [5, 5.41) is 5.74. The van der Waals surface area contributed by atoms with Gasteiger partial charge < -0.3 is 10.6 Å². The van der Waals surface area contributed by atoms with Crippen molar-refractivity contribution in [1.29, 1.82) is 0 Å². The lowest BCUT2D eigenvalue weighted by Crippen LogP contribution is -2.51. The fourth-order valence-electron chi connectivity index (χ4n) is 5.07. The summed E-state index contributed by atoms with van der Waals surface area (Å²) < 4.78 is 13.2. The van der Waals surface area contributed by atoms with Crippen LogP contribution in [0.15, 0.2) is 35.9 Å². The molecule has 3 aliphatic carbocycles. The molecule has 0 aromatic heterocycles. The quantitative estimate of drug-likeness (QED) is 0.771. The van der Waals surface area contributed by atoms with Gasteiger partial charge in [0.2, 0.25) is 0 Å². The Labute approximate surface area is 161 Å². The molecule has 1 saturated carbocycles. The van der Waals surface area contributed by atoms with E-state index in [0.29, 0.717) is 11.1 Å². The van der Waals surface area contributed by atoms with E-state index in [9.17, 15) is 9.18 Å². The third-order valence-electron chi connectivity index (χ3n) is 6.99. The molecule has 2 fully saturated rings. The second kappa shape index (κ2) is 7.27. The minimum atomic E-state index is -0.348. The molecule has 5 heteroatoms. The van der Waals surface area contributed by atoms with E-state index in [2.05, 4.69) is 35.5 Å². The number of fused-ring (bicyclic) bond motifs is 1. The zero-order valence-corrected chi connectivity index (χ0v) is 16.3. The highest BCUT2D eigenvalue weighted by atomic mass is 19.1. The van der Waals surface area contributed by atoms with Crippen molar-refractivity contribution in [3.8, 4) is 0 Å². The average molecular weight is 372 g/mol. The smallest absolute Gasteiger partial charge is 0.319 e. The number of carbonyl (C=O) groups is 1. The highest BCUT2D eigenvalue weighted by molar-refractivity contribution is 5.89. The summed E-state index contributed by atoms with van der Waals surface area (Å²) in [5.41, 5.74) is 2.60. The van der Waals surface area contributed by atoms with Crippen molar-refractivity contribution >= 4 is 11.7 Å². The zero-order chi connectivity index (χ0) is 19.0. The summed E-state index contributed by atoms with van der Waals surface area (Å²) in [5.74, 6) is 1.31. The number of anilines is 1. The van der Waals surface area contributed by atoms with Gasteiger partial charge in [-0.2, -0.15) is 0 Å². The van der Waals surface area contributed by atoms with Gasteiger partial charge in [0.1, 0.15) is 5.82 Å². The van der Waals surface area contributed by atoms with Gasteiger partial charge in [0.05, 0.1) is 0 Å². The molecular weight excluding hydrogens is 341 g/mol. The Balaban J connectivity index is 1.22. The summed E-state index contributed by atoms with van der Waals surface area (Å²) in [6.45, 7) is 7.96. The highest BCUT2D eigenvalue weighted by Gasteiger charge is 2.51. The van der Waals surface area contributed by atoms with Gasteiger partial charge in [0.25, 0.3) is 0 Å². The lowest BCUT2D eigenvalue weighted by atomic mass is 9.49. The minimum Gasteiger partial charge on any atom is -0.335 e. The van der Waals surface area contributed by atoms with Gasteiger partial charge >= 0.3 is 6.03 Å². The maximum absolute atomic E-state index is 13.2. The van der Waals surface area contributed by atoms with E-state index in [1.165, 1.54) is 25.0 Å². The number of hydrogen-bond donors (Lipinski definition) is 2. The predicted molar refractivity (Wildman–Crippen MR) is 106 cm³/mol. The SMILES string of the molecule is CC1(C)C2C[C@@H]1CC=C2CN1CCC(NC(=O)Nc2cccc(F)c2)CC1. The van der Waals surface area contributed by atoms with Gasteiger partial charge in [-0.25, -0.2) is 9.18 Å². The number of allylic oxidation sites excluding steroid dienone is 1. The van der Waals surface area contributed by atoms with Crippen LogP contribution in [0, 0.1) is 23.1 Å². The second-order valence-electron chi connectivity index (χ2n) is 8.98. The Hall–Kier alpha value is -1.88. The molecule has 1 aliphatic heterocycles. The lowest BCUT2D eigenvalue weighted by molar-refractivity contribution is -0.0113. The van der Waals surface area contributed by atoms with Crippen LogP contribution in [-0.4, -0.2) is 36.6 Å². The van der Waals surface area contributed by atoms with Crippen molar-refractivity contribution in [1.82, 2.24) is 10.2 Å². The van der Waals surface area contributed by atoms with Crippen LogP contribution < -0.4 is 10.6 Å². The first-order valence-corrected chi connectivity index (χ1v) is 10.2. The third-order valence-corrected chi connectivity index (χ3v) is 6.99. The predicted octanol–water partition coefficient (Wildman–Crippen LogP) is 4.40. The topological polar surface area (TPSA) is 44.4 Å². The number of nitrogens with zero attached hydrogens (tertiary/aromatic N) is 1. The van der Waals surface area contributed by atoms with Gasteiger partial charge in [-0.1, -0.05) is 31.6 Å². The Morgan fingerprint density at radius 1 is 1.30 bits per heavy atom. The van der Waals surface area contributed by atoms with E-state index in [-0.39, 0.29) is 17.9 Å². The summed E-state index contributed by atoms with van der Waals surface area (Å²) in [4.78, 5) is 14.7. The number of likely N-dealkylation sites (tertiary alicyclic amines) is 1. The van der Waals surface area contributed by atoms with Crippen LogP contribution in [0.25, 0.3) is 0 Å². The lowest BCUT2D eigenvalue weighted by Gasteiger charge is -2.57. The fraction of sp³-hybridized carbons (Fsp3) is 0.591. The van der Waals surface area contributed by atoms with E-state index in [0.717, 1.165) is 44.3 Å². The molecule has 2 amide bonds. The van der Waals surface area contributed by atoms with Crippen molar-refractivity contribution in [3.63, 3.8) is 0 Å². The van der Waals surface area contributed by atoms with Crippen LogP contribution in [0.2, 0.25) is 0 Å². The molecule has 4 aliphatic rings. The Kier molecular flexibility index (Phi) is 4.97. The maximum atomic E-state index is 13.2. The van der Waals surface area contributed by atoms with E-state index >= 15 is 0 Å². The molecule has 2 atom stereocenters. The van der Waals surface area contributed by atoms with E-state index in [1.807, 2.05) is 0 Å². The number of nitrogens with one attached hydrogen (secondary N) is 2. The molecule has 5 rings (SSSR count). The standard InChI is InChI=1S/C22H30FN3O/c1-22(2)16-7-6-15(20(22)12-16)14-26-10-8-18(9-11-26)24-21(27)25-19-5-3-4-17(23)13-19/h3-6,13,16,18,20H,7-12,14H2,1-2H3,(H2,24,25,27)/t16-,20?/m0/s1. The number of carbonyl (C=O) groups excluding carboxylic acids is 1. The molecule has 1 saturated heterocycles. The molecule has 4 nitrogen and oxygen atoms in total. The van der Waals surface area contributed by atoms with Crippen molar-refractivity contribution in [3.05, 3.63) is 41.7 Å². The number of halogens is 1. The molecular formula is C22H30FN3O. The second-order valence-corrected chi connectivity index (χ2v) is 8.98. The Morgan fingerprint density at radius 2 is 2.07 bits per heavy atom. The van der Waals surface area contributed by atoms with Crippen molar-refractivity contribution in [2.24, 2.45) is 17.3 Å². The Morgan fingerprint density at radius 3 is 2.74 bits per heavy atom. The summed E-state index contributed by atoms with van der Waals surface area (Å²) in [6, 6.07) is 5.90. The number of urea groups is 1. The molecule has 1 unspecified atom stereocenters. The minimum absolute atomic E-state index is 0.180. The first-order chi connectivity index (χ1) is 12.9. The molecule has 146 valence electrons. The molecule has 2 bridgehead atoms. The van der Waals surface area contributed by atoms with E-state index in [4.69, 9.17) is 0 Å². The van der Waals surface area contributed by atoms with Gasteiger partial charge in [0, 0.05) is 31.4 Å². The fourth-order valence-corrected chi connectivity index (χ4v) is 5.07. The van der Waals surface area contributed by atoms with E-state index < -0.39 is 0 Å². The van der Waals surface area contributed by atoms with Gasteiger partial charge in [-0.05, 0) is 61.1 Å². The van der Waals surface area contributed by atoms with Crippen LogP contribution in [0.4, 0.5) is 14.9 Å². The van der Waals surface area contributed by atoms with Crippen molar-refractivity contribution in [2.75, 3.05) is 25.0 Å².